The van der Waals surface area contributed by atoms with Gasteiger partial charge in [-0.3, -0.25) is 4.79 Å². The number of hydrogen-bond acceptors (Lipinski definition) is 3. The Labute approximate surface area is 187 Å². The molecule has 0 saturated carbocycles. The van der Waals surface area contributed by atoms with E-state index in [-0.39, 0.29) is 11.2 Å². The molecule has 3 rings (SSSR count). The number of rotatable bonds is 10. The molecule has 0 amide bonds. The summed E-state index contributed by atoms with van der Waals surface area (Å²) in [6.45, 7) is 0.582. The normalized spacial score (nSPS) is 11.7. The highest BCUT2D eigenvalue weighted by Crippen LogP contribution is 2.31. The number of halogens is 4. The first-order valence-electron chi connectivity index (χ1n) is 10.3. The summed E-state index contributed by atoms with van der Waals surface area (Å²) in [6.07, 6.45) is 2.50. The standard InChI is InChI=1S/C24H24BrF3O3/c25-13-5-3-1-2-4-6-14-30-19-11-12-22-20(15-19)21(29)16-23(31-22)17-7-9-18(10-8-17)24(26,27)28/h7-12,15-16H,1-6,13-14H2. The Balaban J connectivity index is 1.64. The van der Waals surface area contributed by atoms with Gasteiger partial charge in [-0.2, -0.15) is 13.2 Å². The Hall–Kier alpha value is -2.28. The molecular weight excluding hydrogens is 473 g/mol. The van der Waals surface area contributed by atoms with Crippen molar-refractivity contribution in [3.05, 3.63) is 64.3 Å². The molecule has 0 atom stereocenters. The minimum Gasteiger partial charge on any atom is -0.494 e. The van der Waals surface area contributed by atoms with Crippen LogP contribution in [0, 0.1) is 0 Å². The summed E-state index contributed by atoms with van der Waals surface area (Å²) in [7, 11) is 0. The molecule has 7 heteroatoms. The molecule has 2 aromatic carbocycles. The molecule has 0 saturated heterocycles. The Morgan fingerprint density at radius 1 is 0.871 bits per heavy atom. The van der Waals surface area contributed by atoms with Gasteiger partial charge in [0.2, 0.25) is 0 Å². The molecule has 0 aliphatic rings. The van der Waals surface area contributed by atoms with Crippen LogP contribution in [0.2, 0.25) is 0 Å². The van der Waals surface area contributed by atoms with E-state index in [1.165, 1.54) is 43.9 Å². The monoisotopic (exact) mass is 496 g/mol. The average Bonchev–Trinajstić information content (AvgIpc) is 2.75. The summed E-state index contributed by atoms with van der Waals surface area (Å²) in [5.74, 6) is 0.821. The van der Waals surface area contributed by atoms with E-state index in [1.54, 1.807) is 18.2 Å². The van der Waals surface area contributed by atoms with Crippen LogP contribution in [0.15, 0.2) is 57.7 Å². The fraction of sp³-hybridized carbons (Fsp3) is 0.375. The molecule has 0 fully saturated rings. The van der Waals surface area contributed by atoms with Gasteiger partial charge in [-0.25, -0.2) is 0 Å². The van der Waals surface area contributed by atoms with E-state index >= 15 is 0 Å². The predicted octanol–water partition coefficient (Wildman–Crippen LogP) is 7.59. The van der Waals surface area contributed by atoms with Crippen LogP contribution < -0.4 is 10.2 Å². The summed E-state index contributed by atoms with van der Waals surface area (Å²) < 4.78 is 49.7. The van der Waals surface area contributed by atoms with Crippen molar-refractivity contribution in [2.24, 2.45) is 0 Å². The molecule has 0 aliphatic carbocycles. The third-order valence-electron chi connectivity index (χ3n) is 4.99. The molecule has 3 aromatic rings. The molecule has 3 nitrogen and oxygen atoms in total. The third kappa shape index (κ3) is 6.60. The first-order chi connectivity index (χ1) is 14.9. The summed E-state index contributed by atoms with van der Waals surface area (Å²) >= 11 is 3.43. The van der Waals surface area contributed by atoms with Crippen LogP contribution in [-0.4, -0.2) is 11.9 Å². The van der Waals surface area contributed by atoms with Crippen molar-refractivity contribution in [3.63, 3.8) is 0 Å². The van der Waals surface area contributed by atoms with E-state index in [2.05, 4.69) is 15.9 Å². The fourth-order valence-corrected chi connectivity index (χ4v) is 3.68. The van der Waals surface area contributed by atoms with Crippen molar-refractivity contribution >= 4 is 26.9 Å². The molecular formula is C24H24BrF3O3. The molecule has 0 N–H and O–H groups in total. The van der Waals surface area contributed by atoms with Crippen molar-refractivity contribution in [2.75, 3.05) is 11.9 Å². The van der Waals surface area contributed by atoms with E-state index in [0.717, 1.165) is 30.3 Å². The van der Waals surface area contributed by atoms with Gasteiger partial charge in [0.1, 0.15) is 17.1 Å². The highest BCUT2D eigenvalue weighted by Gasteiger charge is 2.30. The quantitative estimate of drug-likeness (QED) is 0.214. The predicted molar refractivity (Wildman–Crippen MR) is 120 cm³/mol. The summed E-state index contributed by atoms with van der Waals surface area (Å²) in [5.41, 5.74) is -0.251. The SMILES string of the molecule is O=c1cc(-c2ccc(C(F)(F)F)cc2)oc2ccc(OCCCCCCCCBr)cc12. The number of unbranched alkanes of at least 4 members (excludes halogenated alkanes) is 5. The number of hydrogen-bond donors (Lipinski definition) is 0. The van der Waals surface area contributed by atoms with Gasteiger partial charge >= 0.3 is 6.18 Å². The number of alkyl halides is 4. The van der Waals surface area contributed by atoms with Gasteiger partial charge in [-0.05, 0) is 43.2 Å². The lowest BCUT2D eigenvalue weighted by atomic mass is 10.1. The van der Waals surface area contributed by atoms with Crippen molar-refractivity contribution in [3.8, 4) is 17.1 Å². The summed E-state index contributed by atoms with van der Waals surface area (Å²) in [6, 6.07) is 10.9. The zero-order valence-electron chi connectivity index (χ0n) is 17.0. The van der Waals surface area contributed by atoms with Gasteiger partial charge in [0, 0.05) is 17.0 Å². The Morgan fingerprint density at radius 2 is 1.55 bits per heavy atom. The van der Waals surface area contributed by atoms with Crippen LogP contribution in [0.3, 0.4) is 0 Å². The molecule has 0 aliphatic heterocycles. The second kappa shape index (κ2) is 10.8. The highest BCUT2D eigenvalue weighted by molar-refractivity contribution is 9.09. The van der Waals surface area contributed by atoms with E-state index in [0.29, 0.717) is 28.9 Å². The highest BCUT2D eigenvalue weighted by atomic mass is 79.9. The lowest BCUT2D eigenvalue weighted by molar-refractivity contribution is -0.137. The molecule has 1 heterocycles. The van der Waals surface area contributed by atoms with Crippen molar-refractivity contribution in [1.29, 1.82) is 0 Å². The van der Waals surface area contributed by atoms with E-state index < -0.39 is 11.7 Å². The maximum Gasteiger partial charge on any atom is 0.416 e. The average molecular weight is 497 g/mol. The number of fused-ring (bicyclic) bond motifs is 1. The molecule has 0 spiro atoms. The number of benzene rings is 2. The second-order valence-electron chi connectivity index (χ2n) is 7.37. The lowest BCUT2D eigenvalue weighted by Gasteiger charge is -2.09. The zero-order chi connectivity index (χ0) is 22.3. The molecule has 0 radical (unpaired) electrons. The zero-order valence-corrected chi connectivity index (χ0v) is 18.6. The molecule has 1 aromatic heterocycles. The Morgan fingerprint density at radius 3 is 2.23 bits per heavy atom. The van der Waals surface area contributed by atoms with Crippen LogP contribution >= 0.6 is 15.9 Å². The van der Waals surface area contributed by atoms with Crippen LogP contribution in [0.1, 0.15) is 44.1 Å². The first-order valence-corrected chi connectivity index (χ1v) is 11.4. The third-order valence-corrected chi connectivity index (χ3v) is 5.55. The Kier molecular flexibility index (Phi) is 8.18. The van der Waals surface area contributed by atoms with E-state index in [1.807, 2.05) is 0 Å². The molecule has 31 heavy (non-hydrogen) atoms. The fourth-order valence-electron chi connectivity index (χ4n) is 3.28. The Bertz CT molecular complexity index is 1040. The van der Waals surface area contributed by atoms with Gasteiger partial charge in [-0.1, -0.05) is 53.7 Å². The van der Waals surface area contributed by atoms with Crippen LogP contribution in [-0.2, 0) is 6.18 Å². The van der Waals surface area contributed by atoms with Gasteiger partial charge in [0.05, 0.1) is 17.6 Å². The second-order valence-corrected chi connectivity index (χ2v) is 8.16. The van der Waals surface area contributed by atoms with Crippen molar-refractivity contribution < 1.29 is 22.3 Å². The summed E-state index contributed by atoms with van der Waals surface area (Å²) in [5, 5.41) is 1.43. The summed E-state index contributed by atoms with van der Waals surface area (Å²) in [4.78, 5) is 12.6. The minimum absolute atomic E-state index is 0.222. The van der Waals surface area contributed by atoms with Gasteiger partial charge in [0.15, 0.2) is 5.43 Å². The van der Waals surface area contributed by atoms with Gasteiger partial charge < -0.3 is 9.15 Å². The number of ether oxygens (including phenoxy) is 1. The van der Waals surface area contributed by atoms with Crippen LogP contribution in [0.4, 0.5) is 13.2 Å². The van der Waals surface area contributed by atoms with Crippen molar-refractivity contribution in [2.45, 2.75) is 44.7 Å². The maximum absolute atomic E-state index is 12.7. The van der Waals surface area contributed by atoms with Gasteiger partial charge in [-0.15, -0.1) is 0 Å². The van der Waals surface area contributed by atoms with E-state index in [9.17, 15) is 18.0 Å². The molecule has 0 unspecified atom stereocenters. The first kappa shape index (κ1) is 23.4. The van der Waals surface area contributed by atoms with Crippen LogP contribution in [0.25, 0.3) is 22.3 Å². The van der Waals surface area contributed by atoms with E-state index in [4.69, 9.17) is 9.15 Å². The van der Waals surface area contributed by atoms with Crippen molar-refractivity contribution in [1.82, 2.24) is 0 Å². The smallest absolute Gasteiger partial charge is 0.416 e. The van der Waals surface area contributed by atoms with Gasteiger partial charge in [0.25, 0.3) is 0 Å². The van der Waals surface area contributed by atoms with Crippen LogP contribution in [0.5, 0.6) is 5.75 Å². The molecule has 0 bridgehead atoms. The largest absolute Gasteiger partial charge is 0.494 e. The maximum atomic E-state index is 12.7. The molecule has 166 valence electrons. The topological polar surface area (TPSA) is 39.4 Å². The lowest BCUT2D eigenvalue weighted by Crippen LogP contribution is -2.04. The minimum atomic E-state index is -4.41.